The fourth-order valence-electron chi connectivity index (χ4n) is 2.82. The van der Waals surface area contributed by atoms with E-state index in [4.69, 9.17) is 4.74 Å². The number of aliphatic hydroxyl groups is 1. The number of thioether (sulfide) groups is 1. The van der Waals surface area contributed by atoms with Crippen LogP contribution in [0.2, 0.25) is 0 Å². The standard InChI is InChI=1S/C12H15NO5S.Na.H2O.H/c1-5(14)7-10(15)13-8(12(16)17)9(19-11(7)13)6-3-2-4-18-6;;;/h5-7,11,14H,2-4H2,1H3,(H,16,17);;1H2;/t5-,6-,7+,11-;;;/m1.../s1. The summed E-state index contributed by atoms with van der Waals surface area (Å²) >= 11 is 1.35. The molecule has 3 aliphatic rings. The Balaban J connectivity index is 0.00000110. The first-order chi connectivity index (χ1) is 9.02. The molecule has 3 rings (SSSR count). The zero-order valence-corrected chi connectivity index (χ0v) is 11.7. The molecule has 2 saturated heterocycles. The SMILES string of the molecule is C[C@@H](O)[C@H]1C(=O)N2C(C(=O)O)=C([C@H]3CCCO3)S[C@H]12.O.[NaH]. The average molecular weight is 327 g/mol. The van der Waals surface area contributed by atoms with Crippen molar-refractivity contribution in [3.8, 4) is 0 Å². The van der Waals surface area contributed by atoms with Crippen LogP contribution < -0.4 is 0 Å². The van der Waals surface area contributed by atoms with Crippen LogP contribution in [-0.4, -0.2) is 86.2 Å². The third kappa shape index (κ3) is 2.90. The number of nitrogens with zero attached hydrogens (tertiary/aromatic N) is 1. The van der Waals surface area contributed by atoms with Crippen LogP contribution in [0.3, 0.4) is 0 Å². The quantitative estimate of drug-likeness (QED) is 0.502. The van der Waals surface area contributed by atoms with E-state index in [0.29, 0.717) is 11.5 Å². The van der Waals surface area contributed by atoms with Crippen LogP contribution in [0.25, 0.3) is 0 Å². The predicted molar refractivity (Wildman–Crippen MR) is 77.8 cm³/mol. The first-order valence-corrected chi connectivity index (χ1v) is 7.17. The van der Waals surface area contributed by atoms with Gasteiger partial charge in [0.05, 0.1) is 18.1 Å². The number of carboxylic acids is 1. The summed E-state index contributed by atoms with van der Waals surface area (Å²) in [7, 11) is 0. The molecule has 0 aromatic rings. The Labute approximate surface area is 148 Å². The molecule has 0 spiro atoms. The number of hydrogen-bond acceptors (Lipinski definition) is 5. The van der Waals surface area contributed by atoms with Crippen molar-refractivity contribution in [2.24, 2.45) is 5.92 Å². The molecule has 114 valence electrons. The van der Waals surface area contributed by atoms with Gasteiger partial charge in [0, 0.05) is 11.5 Å². The number of aliphatic hydroxyl groups excluding tert-OH is 1. The van der Waals surface area contributed by atoms with Gasteiger partial charge in [-0.05, 0) is 19.8 Å². The fraction of sp³-hybridized carbons (Fsp3) is 0.667. The van der Waals surface area contributed by atoms with Crippen molar-refractivity contribution in [3.05, 3.63) is 10.6 Å². The number of β-lactam (4-membered cyclic amide) rings is 1. The number of amides is 1. The number of aliphatic carboxylic acids is 1. The van der Waals surface area contributed by atoms with Gasteiger partial charge >= 0.3 is 35.5 Å². The molecule has 2 fully saturated rings. The zero-order chi connectivity index (χ0) is 13.7. The molecular weight excluding hydrogens is 309 g/mol. The molecule has 0 saturated carbocycles. The Morgan fingerprint density at radius 1 is 1.52 bits per heavy atom. The van der Waals surface area contributed by atoms with Crippen molar-refractivity contribution in [2.75, 3.05) is 6.61 Å². The molecule has 0 unspecified atom stereocenters. The second kappa shape index (κ2) is 6.99. The molecule has 4 atom stereocenters. The van der Waals surface area contributed by atoms with Crippen LogP contribution >= 0.6 is 11.8 Å². The van der Waals surface area contributed by atoms with Crippen LogP contribution in [0.5, 0.6) is 0 Å². The van der Waals surface area contributed by atoms with Crippen LogP contribution in [0, 0.1) is 5.92 Å². The molecule has 0 radical (unpaired) electrons. The molecule has 0 bridgehead atoms. The minimum absolute atomic E-state index is 0. The molecular formula is C12H18NNaO6S. The summed E-state index contributed by atoms with van der Waals surface area (Å²) in [6.07, 6.45) is 0.706. The molecule has 0 aromatic heterocycles. The molecule has 1 amide bonds. The summed E-state index contributed by atoms with van der Waals surface area (Å²) < 4.78 is 5.53. The predicted octanol–water partition coefficient (Wildman–Crippen LogP) is -1.10. The van der Waals surface area contributed by atoms with Gasteiger partial charge < -0.3 is 20.4 Å². The van der Waals surface area contributed by atoms with Crippen molar-refractivity contribution < 1.29 is 30.0 Å². The summed E-state index contributed by atoms with van der Waals surface area (Å²) in [5.41, 5.74) is 0.0452. The summed E-state index contributed by atoms with van der Waals surface area (Å²) in [5, 5.41) is 18.6. The number of carbonyl (C=O) groups excluding carboxylic acids is 1. The molecule has 7 nitrogen and oxygen atoms in total. The number of rotatable bonds is 3. The molecule has 0 aromatic carbocycles. The van der Waals surface area contributed by atoms with Gasteiger partial charge in [-0.3, -0.25) is 9.69 Å². The third-order valence-electron chi connectivity index (χ3n) is 3.75. The molecule has 0 aliphatic carbocycles. The maximum absolute atomic E-state index is 12.0. The van der Waals surface area contributed by atoms with Crippen LogP contribution in [0.15, 0.2) is 10.6 Å². The van der Waals surface area contributed by atoms with Gasteiger partial charge in [0.2, 0.25) is 5.91 Å². The van der Waals surface area contributed by atoms with Gasteiger partial charge in [-0.2, -0.15) is 0 Å². The molecule has 9 heteroatoms. The van der Waals surface area contributed by atoms with Crippen molar-refractivity contribution in [3.63, 3.8) is 0 Å². The third-order valence-corrected chi connectivity index (χ3v) is 5.21. The second-order valence-electron chi connectivity index (χ2n) is 5.00. The van der Waals surface area contributed by atoms with Crippen molar-refractivity contribution in [1.29, 1.82) is 0 Å². The summed E-state index contributed by atoms with van der Waals surface area (Å²) in [4.78, 5) is 25.3. The molecule has 3 aliphatic heterocycles. The Morgan fingerprint density at radius 2 is 2.19 bits per heavy atom. The van der Waals surface area contributed by atoms with E-state index in [-0.39, 0.29) is 58.1 Å². The van der Waals surface area contributed by atoms with E-state index >= 15 is 0 Å². The molecule has 3 heterocycles. The van der Waals surface area contributed by atoms with Gasteiger partial charge in [0.15, 0.2) is 0 Å². The van der Waals surface area contributed by atoms with Gasteiger partial charge in [0.25, 0.3) is 0 Å². The van der Waals surface area contributed by atoms with Crippen molar-refractivity contribution >= 4 is 53.2 Å². The first-order valence-electron chi connectivity index (χ1n) is 6.29. The normalized spacial score (nSPS) is 32.0. The average Bonchev–Trinajstić information content (AvgIpc) is 2.92. The van der Waals surface area contributed by atoms with Gasteiger partial charge in [-0.1, -0.05) is 11.8 Å². The number of carboxylic acid groups (broad SMARTS) is 1. The fourth-order valence-corrected chi connectivity index (χ4v) is 4.52. The summed E-state index contributed by atoms with van der Waals surface area (Å²) in [6, 6.07) is 0. The minimum atomic E-state index is -1.10. The summed E-state index contributed by atoms with van der Waals surface area (Å²) in [6.45, 7) is 2.19. The Kier molecular flexibility index (Phi) is 6.31. The Morgan fingerprint density at radius 3 is 2.67 bits per heavy atom. The van der Waals surface area contributed by atoms with Crippen molar-refractivity contribution in [1.82, 2.24) is 4.90 Å². The number of ether oxygens (including phenoxy) is 1. The molecule has 21 heavy (non-hydrogen) atoms. The van der Waals surface area contributed by atoms with E-state index in [1.807, 2.05) is 0 Å². The Hall–Kier alpha value is -0.0900. The number of fused-ring (bicyclic) bond motifs is 1. The summed E-state index contributed by atoms with van der Waals surface area (Å²) in [5.74, 6) is -1.92. The van der Waals surface area contributed by atoms with E-state index in [1.165, 1.54) is 16.7 Å². The van der Waals surface area contributed by atoms with Crippen molar-refractivity contribution in [2.45, 2.75) is 37.3 Å². The van der Waals surface area contributed by atoms with Gasteiger partial charge in [-0.15, -0.1) is 0 Å². The van der Waals surface area contributed by atoms with E-state index < -0.39 is 18.0 Å². The van der Waals surface area contributed by atoms with Crippen LogP contribution in [-0.2, 0) is 14.3 Å². The number of carbonyl (C=O) groups is 2. The van der Waals surface area contributed by atoms with E-state index in [1.54, 1.807) is 6.92 Å². The second-order valence-corrected chi connectivity index (χ2v) is 6.16. The monoisotopic (exact) mass is 327 g/mol. The van der Waals surface area contributed by atoms with Gasteiger partial charge in [0.1, 0.15) is 11.1 Å². The van der Waals surface area contributed by atoms with Gasteiger partial charge in [-0.25, -0.2) is 4.79 Å². The van der Waals surface area contributed by atoms with Crippen LogP contribution in [0.1, 0.15) is 19.8 Å². The molecule has 4 N–H and O–H groups in total. The Bertz CT molecular complexity index is 476. The topological polar surface area (TPSA) is 119 Å². The van der Waals surface area contributed by atoms with E-state index in [0.717, 1.165) is 12.8 Å². The van der Waals surface area contributed by atoms with E-state index in [9.17, 15) is 19.8 Å². The zero-order valence-electron chi connectivity index (χ0n) is 10.9. The maximum atomic E-state index is 12.0. The number of hydrogen-bond donors (Lipinski definition) is 2. The first kappa shape index (κ1) is 19.0. The van der Waals surface area contributed by atoms with E-state index in [2.05, 4.69) is 0 Å². The van der Waals surface area contributed by atoms with Crippen LogP contribution in [0.4, 0.5) is 0 Å².